The summed E-state index contributed by atoms with van der Waals surface area (Å²) in [6.45, 7) is 8.38. The third-order valence-electron chi connectivity index (χ3n) is 9.21. The Kier molecular flexibility index (Phi) is 6.50. The SMILES string of the molecule is [C-]#[N+]c1cc(-n2c3ccc(-c4ccccc4)cc3c3c4oc5ccccc5c4ccc32)cc(C#N)c1N(c1ccccc1)c1ccccc1. The Balaban J connectivity index is 1.35. The van der Waals surface area contributed by atoms with Gasteiger partial charge in [-0.05, 0) is 77.9 Å². The third-order valence-corrected chi connectivity index (χ3v) is 9.21. The molecule has 49 heavy (non-hydrogen) atoms. The van der Waals surface area contributed by atoms with E-state index < -0.39 is 0 Å². The second-order valence-electron chi connectivity index (χ2n) is 12.0. The van der Waals surface area contributed by atoms with Crippen LogP contribution in [-0.2, 0) is 0 Å². The minimum absolute atomic E-state index is 0.377. The quantitative estimate of drug-likeness (QED) is 0.179. The molecule has 0 fully saturated rings. The first kappa shape index (κ1) is 28.2. The van der Waals surface area contributed by atoms with Gasteiger partial charge < -0.3 is 13.9 Å². The lowest BCUT2D eigenvalue weighted by Gasteiger charge is -2.28. The Hall–Kier alpha value is -7.08. The van der Waals surface area contributed by atoms with Crippen LogP contribution in [0.3, 0.4) is 0 Å². The number of anilines is 3. The van der Waals surface area contributed by atoms with Crippen molar-refractivity contribution in [2.24, 2.45) is 0 Å². The van der Waals surface area contributed by atoms with E-state index in [0.29, 0.717) is 16.9 Å². The molecule has 9 aromatic rings. The predicted molar refractivity (Wildman–Crippen MR) is 199 cm³/mol. The second kappa shape index (κ2) is 11.3. The van der Waals surface area contributed by atoms with Crippen LogP contribution in [0.15, 0.2) is 162 Å². The molecule has 0 aliphatic heterocycles. The van der Waals surface area contributed by atoms with E-state index >= 15 is 0 Å². The van der Waals surface area contributed by atoms with Crippen LogP contribution in [0.1, 0.15) is 5.56 Å². The van der Waals surface area contributed by atoms with Crippen molar-refractivity contribution in [3.8, 4) is 22.9 Å². The molecule has 0 bridgehead atoms. The molecule has 0 aliphatic carbocycles. The largest absolute Gasteiger partial charge is 0.455 e. The Labute approximate surface area is 282 Å². The van der Waals surface area contributed by atoms with Gasteiger partial charge in [0.15, 0.2) is 0 Å². The van der Waals surface area contributed by atoms with Gasteiger partial charge in [-0.3, -0.25) is 0 Å². The highest BCUT2D eigenvalue weighted by Gasteiger charge is 2.24. The first-order valence-electron chi connectivity index (χ1n) is 16.0. The average Bonchev–Trinajstić information content (AvgIpc) is 3.71. The average molecular weight is 627 g/mol. The zero-order valence-corrected chi connectivity index (χ0v) is 26.2. The highest BCUT2D eigenvalue weighted by molar-refractivity contribution is 6.24. The molecule has 0 radical (unpaired) electrons. The smallest absolute Gasteiger partial charge is 0.214 e. The molecule has 0 N–H and O–H groups in total. The summed E-state index contributed by atoms with van der Waals surface area (Å²) in [6, 6.07) is 55.1. The number of hydrogen-bond donors (Lipinski definition) is 0. The van der Waals surface area contributed by atoms with Gasteiger partial charge in [-0.15, -0.1) is 0 Å². The standard InChI is InChI=1S/C44H26N4O/c1-46-38-27-34(25-31(28-45)43(38)47(32-15-7-3-8-16-32)33-17-9-4-10-18-33)48-39-23-21-30(29-13-5-2-6-14-29)26-37(39)42-40(48)24-22-36-35-19-11-12-20-41(35)49-44(36)42/h2-27H. The number of fused-ring (bicyclic) bond motifs is 7. The number of benzene rings is 7. The fourth-order valence-electron chi connectivity index (χ4n) is 7.07. The molecule has 0 spiro atoms. The Morgan fingerprint density at radius 2 is 1.27 bits per heavy atom. The highest BCUT2D eigenvalue weighted by atomic mass is 16.3. The lowest BCUT2D eigenvalue weighted by Crippen LogP contribution is -2.12. The van der Waals surface area contributed by atoms with Crippen molar-refractivity contribution in [3.05, 3.63) is 175 Å². The molecule has 0 amide bonds. The van der Waals surface area contributed by atoms with Crippen molar-refractivity contribution in [3.63, 3.8) is 0 Å². The first-order chi connectivity index (χ1) is 24.2. The number of rotatable bonds is 5. The number of nitriles is 1. The summed E-state index contributed by atoms with van der Waals surface area (Å²) in [5.41, 5.74) is 9.53. The van der Waals surface area contributed by atoms with E-state index in [-0.39, 0.29) is 0 Å². The summed E-state index contributed by atoms with van der Waals surface area (Å²) >= 11 is 0. The van der Waals surface area contributed by atoms with Gasteiger partial charge in [0, 0.05) is 33.2 Å². The maximum atomic E-state index is 10.7. The molecule has 0 atom stereocenters. The molecule has 9 rings (SSSR count). The van der Waals surface area contributed by atoms with Crippen LogP contribution in [-0.4, -0.2) is 4.57 Å². The van der Waals surface area contributed by atoms with E-state index in [1.54, 1.807) is 0 Å². The van der Waals surface area contributed by atoms with Crippen molar-refractivity contribution in [1.29, 1.82) is 5.26 Å². The zero-order chi connectivity index (χ0) is 32.9. The predicted octanol–water partition coefficient (Wildman–Crippen LogP) is 12.2. The number of furan rings is 1. The summed E-state index contributed by atoms with van der Waals surface area (Å²) in [5, 5.41) is 14.8. The van der Waals surface area contributed by atoms with Crippen LogP contribution in [0.2, 0.25) is 0 Å². The Bertz CT molecular complexity index is 2710. The van der Waals surface area contributed by atoms with E-state index in [9.17, 15) is 5.26 Å². The van der Waals surface area contributed by atoms with Crippen molar-refractivity contribution < 1.29 is 4.42 Å². The first-order valence-corrected chi connectivity index (χ1v) is 16.0. The van der Waals surface area contributed by atoms with Crippen LogP contribution < -0.4 is 4.90 Å². The van der Waals surface area contributed by atoms with Gasteiger partial charge in [0.25, 0.3) is 0 Å². The summed E-state index contributed by atoms with van der Waals surface area (Å²) in [5.74, 6) is 0. The fraction of sp³-hybridized carbons (Fsp3) is 0. The van der Waals surface area contributed by atoms with Gasteiger partial charge in [0.2, 0.25) is 5.69 Å². The fourth-order valence-corrected chi connectivity index (χ4v) is 7.07. The highest BCUT2D eigenvalue weighted by Crippen LogP contribution is 2.46. The van der Waals surface area contributed by atoms with E-state index in [0.717, 1.165) is 71.9 Å². The summed E-state index contributed by atoms with van der Waals surface area (Å²) in [4.78, 5) is 6.03. The minimum Gasteiger partial charge on any atom is -0.455 e. The number of nitrogens with zero attached hydrogens (tertiary/aromatic N) is 4. The van der Waals surface area contributed by atoms with Crippen LogP contribution >= 0.6 is 0 Å². The number of hydrogen-bond acceptors (Lipinski definition) is 3. The molecule has 0 unspecified atom stereocenters. The van der Waals surface area contributed by atoms with Gasteiger partial charge in [0.05, 0.1) is 34.2 Å². The number of aromatic nitrogens is 1. The Morgan fingerprint density at radius 3 is 1.96 bits per heavy atom. The van der Waals surface area contributed by atoms with Gasteiger partial charge >= 0.3 is 0 Å². The second-order valence-corrected chi connectivity index (χ2v) is 12.0. The third kappa shape index (κ3) is 4.46. The molecule has 5 nitrogen and oxygen atoms in total. The molecule has 7 aromatic carbocycles. The van der Waals surface area contributed by atoms with Crippen molar-refractivity contribution in [2.75, 3.05) is 4.90 Å². The van der Waals surface area contributed by atoms with Crippen LogP contribution in [0.4, 0.5) is 22.7 Å². The summed E-state index contributed by atoms with van der Waals surface area (Å²) in [6.07, 6.45) is 0. The van der Waals surface area contributed by atoms with E-state index in [2.05, 4.69) is 64.0 Å². The molecular weight excluding hydrogens is 601 g/mol. The molecule has 0 saturated carbocycles. The zero-order valence-electron chi connectivity index (χ0n) is 26.2. The van der Waals surface area contributed by atoms with Crippen LogP contribution in [0, 0.1) is 17.9 Å². The lowest BCUT2D eigenvalue weighted by molar-refractivity contribution is 0.673. The van der Waals surface area contributed by atoms with Crippen molar-refractivity contribution in [2.45, 2.75) is 0 Å². The molecule has 228 valence electrons. The van der Waals surface area contributed by atoms with E-state index in [4.69, 9.17) is 11.0 Å². The minimum atomic E-state index is 0.377. The molecule has 5 heteroatoms. The summed E-state index contributed by atoms with van der Waals surface area (Å²) in [7, 11) is 0. The lowest BCUT2D eigenvalue weighted by atomic mass is 10.0. The van der Waals surface area contributed by atoms with Gasteiger partial charge in [-0.25, -0.2) is 4.85 Å². The number of para-hydroxylation sites is 3. The van der Waals surface area contributed by atoms with Crippen molar-refractivity contribution >= 4 is 66.5 Å². The topological polar surface area (TPSA) is 49.5 Å². The van der Waals surface area contributed by atoms with Crippen LogP contribution in [0.25, 0.3) is 65.4 Å². The summed E-state index contributed by atoms with van der Waals surface area (Å²) < 4.78 is 8.74. The van der Waals surface area contributed by atoms with Gasteiger partial charge in [-0.1, -0.05) is 91.0 Å². The molecule has 0 aliphatic rings. The van der Waals surface area contributed by atoms with Crippen molar-refractivity contribution in [1.82, 2.24) is 4.57 Å². The molecule has 0 saturated heterocycles. The normalized spacial score (nSPS) is 11.2. The molecule has 2 aromatic heterocycles. The maximum absolute atomic E-state index is 10.7. The van der Waals surface area contributed by atoms with E-state index in [1.165, 1.54) is 0 Å². The van der Waals surface area contributed by atoms with Gasteiger partial charge in [0.1, 0.15) is 17.2 Å². The molecule has 2 heterocycles. The maximum Gasteiger partial charge on any atom is 0.214 e. The van der Waals surface area contributed by atoms with Gasteiger partial charge in [-0.2, -0.15) is 5.26 Å². The van der Waals surface area contributed by atoms with Crippen LogP contribution in [0.5, 0.6) is 0 Å². The van der Waals surface area contributed by atoms with E-state index in [1.807, 2.05) is 114 Å². The monoisotopic (exact) mass is 626 g/mol. The molecular formula is C44H26N4O. The Morgan fingerprint density at radius 1 is 0.612 bits per heavy atom.